The number of fused-ring (bicyclic) bond motifs is 3. The van der Waals surface area contributed by atoms with Crippen LogP contribution < -0.4 is 0 Å². The molecule has 38 heavy (non-hydrogen) atoms. The molecule has 7 heteroatoms. The van der Waals surface area contributed by atoms with Crippen LogP contribution in [0.25, 0.3) is 0 Å². The fraction of sp³-hybridized carbons (Fsp3) is 0.613. The summed E-state index contributed by atoms with van der Waals surface area (Å²) in [6.07, 6.45) is 2.78. The Hall–Kier alpha value is -1.99. The molecule has 0 aromatic heterocycles. The van der Waals surface area contributed by atoms with Crippen LogP contribution in [0.2, 0.25) is 5.02 Å². The first-order chi connectivity index (χ1) is 17.6. The van der Waals surface area contributed by atoms with Crippen molar-refractivity contribution in [3.8, 4) is 0 Å². The topological polar surface area (TPSA) is 98.1 Å². The number of nitrogens with zero attached hydrogens (tertiary/aromatic N) is 1. The molecule has 1 spiro atoms. The summed E-state index contributed by atoms with van der Waals surface area (Å²) in [6.45, 7) is 11.3. The van der Waals surface area contributed by atoms with Crippen molar-refractivity contribution in [1.29, 1.82) is 0 Å². The minimum Gasteiger partial charge on any atom is -0.392 e. The summed E-state index contributed by atoms with van der Waals surface area (Å²) in [5.74, 6) is -0.773. The summed E-state index contributed by atoms with van der Waals surface area (Å²) >= 11 is 6.08. The van der Waals surface area contributed by atoms with Crippen molar-refractivity contribution in [2.45, 2.75) is 71.1 Å². The third-order valence-electron chi connectivity index (χ3n) is 10.7. The average molecular weight is 542 g/mol. The highest BCUT2D eigenvalue weighted by molar-refractivity contribution is 6.30. The van der Waals surface area contributed by atoms with Gasteiger partial charge in [-0.15, -0.1) is 0 Å². The fourth-order valence-electron chi connectivity index (χ4n) is 8.58. The summed E-state index contributed by atoms with van der Waals surface area (Å²) < 4.78 is 0. The number of allylic oxidation sites excluding steroid dienone is 1. The van der Waals surface area contributed by atoms with Crippen molar-refractivity contribution in [2.24, 2.45) is 34.5 Å². The van der Waals surface area contributed by atoms with Gasteiger partial charge in [0.05, 0.1) is 23.5 Å². The minimum absolute atomic E-state index is 0.0349. The van der Waals surface area contributed by atoms with Gasteiger partial charge in [-0.05, 0) is 73.6 Å². The largest absolute Gasteiger partial charge is 0.392 e. The number of carbonyl (C=O) groups is 2. The number of rotatable bonds is 4. The van der Waals surface area contributed by atoms with Crippen molar-refractivity contribution in [3.05, 3.63) is 58.1 Å². The zero-order valence-corrected chi connectivity index (χ0v) is 24.1. The van der Waals surface area contributed by atoms with Crippen LogP contribution in [0.1, 0.15) is 53.5 Å². The van der Waals surface area contributed by atoms with Gasteiger partial charge in [-0.25, -0.2) is 0 Å². The number of hydrogen-bond donors (Lipinski definition) is 3. The Morgan fingerprint density at radius 1 is 1.21 bits per heavy atom. The van der Waals surface area contributed by atoms with Crippen LogP contribution >= 0.6 is 11.6 Å². The first-order valence-corrected chi connectivity index (χ1v) is 13.9. The molecule has 2 saturated carbocycles. The second-order valence-electron chi connectivity index (χ2n) is 13.3. The normalized spacial score (nSPS) is 39.3. The van der Waals surface area contributed by atoms with Gasteiger partial charge >= 0.3 is 0 Å². The molecule has 6 nitrogen and oxygen atoms in total. The number of amides is 1. The van der Waals surface area contributed by atoms with E-state index in [1.54, 1.807) is 25.3 Å². The summed E-state index contributed by atoms with van der Waals surface area (Å²) in [5, 5.41) is 35.5. The molecule has 0 aliphatic heterocycles. The highest BCUT2D eigenvalue weighted by atomic mass is 35.5. The van der Waals surface area contributed by atoms with Gasteiger partial charge in [0.2, 0.25) is 5.91 Å². The number of carbonyl (C=O) groups excluding carboxylic acids is 2. The number of aliphatic hydroxyl groups excluding tert-OH is 2. The van der Waals surface area contributed by atoms with Crippen molar-refractivity contribution < 1.29 is 24.9 Å². The van der Waals surface area contributed by atoms with Crippen LogP contribution in [0, 0.1) is 34.5 Å². The van der Waals surface area contributed by atoms with Crippen LogP contribution in [-0.2, 0) is 15.0 Å². The van der Waals surface area contributed by atoms with E-state index < -0.39 is 41.1 Å². The number of halogens is 1. The van der Waals surface area contributed by atoms with Crippen molar-refractivity contribution in [1.82, 2.24) is 4.90 Å². The fourth-order valence-corrected chi connectivity index (χ4v) is 8.70. The molecule has 1 amide bonds. The van der Waals surface area contributed by atoms with Gasteiger partial charge in [0.25, 0.3) is 0 Å². The maximum absolute atomic E-state index is 14.6. The molecule has 5 rings (SSSR count). The molecule has 2 bridgehead atoms. The number of Topliss-reactive ketones (excluding diaryl/α,β-unsaturated/α-hetero) is 1. The van der Waals surface area contributed by atoms with E-state index in [2.05, 4.69) is 13.8 Å². The first kappa shape index (κ1) is 27.6. The minimum atomic E-state index is -2.03. The lowest BCUT2D eigenvalue weighted by atomic mass is 9.58. The van der Waals surface area contributed by atoms with E-state index in [-0.39, 0.29) is 34.5 Å². The molecular formula is C31H40ClNO5. The lowest BCUT2D eigenvalue weighted by Crippen LogP contribution is -2.69. The van der Waals surface area contributed by atoms with E-state index in [1.165, 1.54) is 4.90 Å². The third-order valence-corrected chi connectivity index (χ3v) is 11.0. The zero-order chi connectivity index (χ0) is 28.2. The molecule has 8 atom stereocenters. The average Bonchev–Trinajstić information content (AvgIpc) is 3.33. The van der Waals surface area contributed by atoms with Gasteiger partial charge in [-0.3, -0.25) is 9.59 Å². The number of hydrogen-bond acceptors (Lipinski definition) is 5. The SMILES string of the molecule is CC1=C[C@]23C(=O)[C@@H](C=C(CO)[C@@H](O)[C@]2(O)[C@H]1N(C)C(=O)C(C)(C)c1ccc(Cl)cc1)[C@H]1[C@@H](C[C@H]3C)C1(C)C. The van der Waals surface area contributed by atoms with Gasteiger partial charge in [0.1, 0.15) is 11.7 Å². The number of benzene rings is 1. The Kier molecular flexibility index (Phi) is 6.17. The van der Waals surface area contributed by atoms with E-state index in [9.17, 15) is 24.9 Å². The quantitative estimate of drug-likeness (QED) is 0.502. The summed E-state index contributed by atoms with van der Waals surface area (Å²) in [6, 6.07) is 6.14. The zero-order valence-electron chi connectivity index (χ0n) is 23.3. The highest BCUT2D eigenvalue weighted by Gasteiger charge is 2.76. The molecule has 1 aromatic carbocycles. The number of aliphatic hydroxyl groups is 3. The maximum Gasteiger partial charge on any atom is 0.233 e. The Morgan fingerprint density at radius 2 is 1.82 bits per heavy atom. The standard InChI is InChI=1S/C31H40ClNO5/c1-16-14-30-17(2)12-22-23(29(22,5)6)21(26(30)36)13-18(15-34)25(35)31(30,38)24(16)33(7)27(37)28(3,4)19-8-10-20(32)11-9-19/h8-11,13-14,17,21-25,34-35,38H,12,15H2,1-7H3/t17-,21+,22-,23+,24+,25-,30+,31-/m1/s1. The van der Waals surface area contributed by atoms with E-state index in [1.807, 2.05) is 45.9 Å². The second-order valence-corrected chi connectivity index (χ2v) is 13.8. The van der Waals surface area contributed by atoms with Crippen LogP contribution in [0.3, 0.4) is 0 Å². The monoisotopic (exact) mass is 541 g/mol. The van der Waals surface area contributed by atoms with Gasteiger partial charge < -0.3 is 20.2 Å². The molecule has 1 aromatic rings. The van der Waals surface area contributed by atoms with Gasteiger partial charge in [0.15, 0.2) is 5.78 Å². The van der Waals surface area contributed by atoms with Crippen molar-refractivity contribution >= 4 is 23.3 Å². The lowest BCUT2D eigenvalue weighted by Gasteiger charge is -2.51. The Labute approximate surface area is 230 Å². The van der Waals surface area contributed by atoms with Crippen LogP contribution in [-0.4, -0.2) is 63.3 Å². The van der Waals surface area contributed by atoms with E-state index in [4.69, 9.17) is 11.6 Å². The molecule has 0 heterocycles. The molecule has 206 valence electrons. The van der Waals surface area contributed by atoms with Crippen molar-refractivity contribution in [3.63, 3.8) is 0 Å². The molecule has 3 N–H and O–H groups in total. The van der Waals surface area contributed by atoms with Gasteiger partial charge in [-0.1, -0.05) is 62.2 Å². The van der Waals surface area contributed by atoms with Gasteiger partial charge in [0, 0.05) is 18.0 Å². The molecule has 0 radical (unpaired) electrons. The lowest BCUT2D eigenvalue weighted by molar-refractivity contribution is -0.183. The summed E-state index contributed by atoms with van der Waals surface area (Å²) in [7, 11) is 1.63. The molecule has 0 unspecified atom stereocenters. The Bertz CT molecular complexity index is 1250. The van der Waals surface area contributed by atoms with E-state index in [0.29, 0.717) is 16.5 Å². The highest BCUT2D eigenvalue weighted by Crippen LogP contribution is 2.71. The number of ketones is 1. The van der Waals surface area contributed by atoms with Crippen LogP contribution in [0.4, 0.5) is 0 Å². The maximum atomic E-state index is 14.6. The predicted molar refractivity (Wildman–Crippen MR) is 146 cm³/mol. The van der Waals surface area contributed by atoms with Crippen LogP contribution in [0.5, 0.6) is 0 Å². The second kappa shape index (κ2) is 8.50. The van der Waals surface area contributed by atoms with Crippen LogP contribution in [0.15, 0.2) is 47.6 Å². The van der Waals surface area contributed by atoms with E-state index >= 15 is 0 Å². The molecule has 4 aliphatic carbocycles. The Morgan fingerprint density at radius 3 is 2.39 bits per heavy atom. The predicted octanol–water partition coefficient (Wildman–Crippen LogP) is 3.91. The van der Waals surface area contributed by atoms with Gasteiger partial charge in [-0.2, -0.15) is 0 Å². The first-order valence-electron chi connectivity index (χ1n) is 13.6. The smallest absolute Gasteiger partial charge is 0.233 e. The van der Waals surface area contributed by atoms with E-state index in [0.717, 1.165) is 12.0 Å². The van der Waals surface area contributed by atoms with Crippen molar-refractivity contribution in [2.75, 3.05) is 13.7 Å². The molecule has 2 fully saturated rings. The number of likely N-dealkylation sites (N-methyl/N-ethyl adjacent to an activating group) is 1. The molecular weight excluding hydrogens is 502 g/mol. The molecule has 4 aliphatic rings. The Balaban J connectivity index is 1.64. The molecule has 0 saturated heterocycles. The third kappa shape index (κ3) is 3.30. The summed E-state index contributed by atoms with van der Waals surface area (Å²) in [4.78, 5) is 30.2. The summed E-state index contributed by atoms with van der Waals surface area (Å²) in [5.41, 5.74) is -2.74.